The van der Waals surface area contributed by atoms with Crippen LogP contribution in [0.3, 0.4) is 0 Å². The highest BCUT2D eigenvalue weighted by Crippen LogP contribution is 2.30. The number of rotatable bonds is 6. The van der Waals surface area contributed by atoms with Crippen molar-refractivity contribution in [1.29, 1.82) is 0 Å². The van der Waals surface area contributed by atoms with Gasteiger partial charge in [-0.25, -0.2) is 0 Å². The molecule has 0 spiro atoms. The van der Waals surface area contributed by atoms with E-state index in [0.717, 1.165) is 11.1 Å². The number of carbonyl (C=O) groups excluding carboxylic acids is 1. The van der Waals surface area contributed by atoms with E-state index in [2.05, 4.69) is 30.9 Å². The number of nitrogens with zero attached hydrogens (tertiary/aromatic N) is 3. The first-order chi connectivity index (χ1) is 13.7. The van der Waals surface area contributed by atoms with Crippen LogP contribution >= 0.6 is 11.6 Å². The van der Waals surface area contributed by atoms with Crippen molar-refractivity contribution < 1.29 is 14.1 Å². The normalized spacial score (nSPS) is 11.3. The van der Waals surface area contributed by atoms with E-state index in [-0.39, 0.29) is 24.5 Å². The molecular formula is C22H24ClN3O3. The highest BCUT2D eigenvalue weighted by atomic mass is 35.5. The number of hydrogen-bond donors (Lipinski definition) is 0. The van der Waals surface area contributed by atoms with Crippen LogP contribution in [0.5, 0.6) is 5.75 Å². The lowest BCUT2D eigenvalue weighted by Crippen LogP contribution is -2.31. The van der Waals surface area contributed by atoms with Crippen LogP contribution in [-0.4, -0.2) is 34.6 Å². The van der Waals surface area contributed by atoms with E-state index in [0.29, 0.717) is 22.5 Å². The molecule has 0 aliphatic rings. The number of halogens is 1. The van der Waals surface area contributed by atoms with Gasteiger partial charge in [0.15, 0.2) is 6.61 Å². The lowest BCUT2D eigenvalue weighted by molar-refractivity contribution is -0.132. The molecule has 0 fully saturated rings. The Morgan fingerprint density at radius 3 is 2.52 bits per heavy atom. The van der Waals surface area contributed by atoms with Gasteiger partial charge in [-0.15, -0.1) is 0 Å². The number of para-hydroxylation sites is 1. The standard InChI is InChI=1S/C22H24ClN3O3/c1-22(2,3)17-7-5-6-8-18(17)28-14-20(27)26(4)13-19-24-21(25-29-19)15-9-11-16(23)12-10-15/h5-12H,13-14H2,1-4H3. The van der Waals surface area contributed by atoms with Crippen molar-refractivity contribution in [3.8, 4) is 17.1 Å². The zero-order valence-electron chi connectivity index (χ0n) is 17.0. The van der Waals surface area contributed by atoms with Crippen molar-refractivity contribution in [3.05, 3.63) is 65.0 Å². The predicted molar refractivity (Wildman–Crippen MR) is 112 cm³/mol. The van der Waals surface area contributed by atoms with Crippen LogP contribution < -0.4 is 4.74 Å². The van der Waals surface area contributed by atoms with Crippen LogP contribution in [0.15, 0.2) is 53.1 Å². The maximum Gasteiger partial charge on any atom is 0.260 e. The number of likely N-dealkylation sites (N-methyl/N-ethyl adjacent to an activating group) is 1. The maximum absolute atomic E-state index is 12.5. The third kappa shape index (κ3) is 5.35. The van der Waals surface area contributed by atoms with Crippen molar-refractivity contribution in [3.63, 3.8) is 0 Å². The first kappa shape index (κ1) is 20.9. The molecule has 6 nitrogen and oxygen atoms in total. The third-order valence-corrected chi connectivity index (χ3v) is 4.67. The van der Waals surface area contributed by atoms with Gasteiger partial charge in [0.05, 0.1) is 6.54 Å². The second-order valence-corrected chi connectivity index (χ2v) is 8.24. The van der Waals surface area contributed by atoms with Gasteiger partial charge in [0.2, 0.25) is 11.7 Å². The molecule has 29 heavy (non-hydrogen) atoms. The van der Waals surface area contributed by atoms with Gasteiger partial charge in [0.1, 0.15) is 5.75 Å². The predicted octanol–water partition coefficient (Wildman–Crippen LogP) is 4.72. The number of amides is 1. The molecule has 0 aliphatic heterocycles. The summed E-state index contributed by atoms with van der Waals surface area (Å²) in [5.41, 5.74) is 1.77. The zero-order chi connectivity index (χ0) is 21.0. The molecule has 3 rings (SSSR count). The average molecular weight is 414 g/mol. The molecule has 0 saturated carbocycles. The summed E-state index contributed by atoms with van der Waals surface area (Å²) in [5.74, 6) is 1.33. The largest absolute Gasteiger partial charge is 0.483 e. The van der Waals surface area contributed by atoms with Crippen molar-refractivity contribution in [1.82, 2.24) is 15.0 Å². The van der Waals surface area contributed by atoms with E-state index in [4.69, 9.17) is 20.9 Å². The molecule has 0 aliphatic carbocycles. The summed E-state index contributed by atoms with van der Waals surface area (Å²) in [6, 6.07) is 14.9. The minimum Gasteiger partial charge on any atom is -0.483 e. The third-order valence-electron chi connectivity index (χ3n) is 4.41. The summed E-state index contributed by atoms with van der Waals surface area (Å²) in [6.07, 6.45) is 0. The Morgan fingerprint density at radius 2 is 1.83 bits per heavy atom. The molecule has 1 heterocycles. The second kappa shape index (κ2) is 8.66. The highest BCUT2D eigenvalue weighted by Gasteiger charge is 2.20. The zero-order valence-corrected chi connectivity index (χ0v) is 17.7. The first-order valence-electron chi connectivity index (χ1n) is 9.29. The summed E-state index contributed by atoms with van der Waals surface area (Å²) in [4.78, 5) is 18.3. The van der Waals surface area contributed by atoms with E-state index in [1.807, 2.05) is 36.4 Å². The molecule has 3 aromatic rings. The van der Waals surface area contributed by atoms with Gasteiger partial charge in [0, 0.05) is 17.6 Å². The maximum atomic E-state index is 12.5. The highest BCUT2D eigenvalue weighted by molar-refractivity contribution is 6.30. The molecule has 152 valence electrons. The fourth-order valence-electron chi connectivity index (χ4n) is 2.79. The van der Waals surface area contributed by atoms with Gasteiger partial charge in [-0.05, 0) is 41.3 Å². The Bertz CT molecular complexity index is 977. The number of aromatic nitrogens is 2. The van der Waals surface area contributed by atoms with E-state index in [1.54, 1.807) is 19.2 Å². The quantitative estimate of drug-likeness (QED) is 0.584. The first-order valence-corrected chi connectivity index (χ1v) is 9.66. The van der Waals surface area contributed by atoms with Crippen LogP contribution in [0.2, 0.25) is 5.02 Å². The van der Waals surface area contributed by atoms with Crippen LogP contribution in [0, 0.1) is 0 Å². The monoisotopic (exact) mass is 413 g/mol. The molecule has 7 heteroatoms. The summed E-state index contributed by atoms with van der Waals surface area (Å²) in [6.45, 7) is 6.45. The Balaban J connectivity index is 1.60. The van der Waals surface area contributed by atoms with E-state index in [1.165, 1.54) is 4.90 Å². The van der Waals surface area contributed by atoms with Crippen molar-refractivity contribution in [2.75, 3.05) is 13.7 Å². The Labute approximate surface area is 175 Å². The molecule has 1 aromatic heterocycles. The summed E-state index contributed by atoms with van der Waals surface area (Å²) >= 11 is 5.90. The number of hydrogen-bond acceptors (Lipinski definition) is 5. The average Bonchev–Trinajstić information content (AvgIpc) is 3.14. The van der Waals surface area contributed by atoms with Crippen molar-refractivity contribution >= 4 is 17.5 Å². The Hall–Kier alpha value is -2.86. The number of ether oxygens (including phenoxy) is 1. The number of carbonyl (C=O) groups is 1. The van der Waals surface area contributed by atoms with E-state index in [9.17, 15) is 4.79 Å². The molecular weight excluding hydrogens is 390 g/mol. The molecule has 0 saturated heterocycles. The van der Waals surface area contributed by atoms with Gasteiger partial charge < -0.3 is 14.2 Å². The minimum absolute atomic E-state index is 0.0677. The van der Waals surface area contributed by atoms with Gasteiger partial charge in [-0.3, -0.25) is 4.79 Å². The van der Waals surface area contributed by atoms with Gasteiger partial charge in [-0.2, -0.15) is 4.98 Å². The lowest BCUT2D eigenvalue weighted by Gasteiger charge is -2.23. The molecule has 0 atom stereocenters. The Kier molecular flexibility index (Phi) is 6.23. The summed E-state index contributed by atoms with van der Waals surface area (Å²) < 4.78 is 11.1. The molecule has 0 bridgehead atoms. The fraction of sp³-hybridized carbons (Fsp3) is 0.318. The molecule has 0 unspecified atom stereocenters. The van der Waals surface area contributed by atoms with Crippen molar-refractivity contribution in [2.45, 2.75) is 32.7 Å². The number of benzene rings is 2. The van der Waals surface area contributed by atoms with Crippen LogP contribution in [0.25, 0.3) is 11.4 Å². The van der Waals surface area contributed by atoms with Crippen LogP contribution in [0.1, 0.15) is 32.2 Å². The van der Waals surface area contributed by atoms with Crippen molar-refractivity contribution in [2.24, 2.45) is 0 Å². The van der Waals surface area contributed by atoms with Gasteiger partial charge >= 0.3 is 0 Å². The van der Waals surface area contributed by atoms with Gasteiger partial charge in [0.25, 0.3) is 5.91 Å². The van der Waals surface area contributed by atoms with Crippen LogP contribution in [0.4, 0.5) is 0 Å². The van der Waals surface area contributed by atoms with Crippen LogP contribution in [-0.2, 0) is 16.8 Å². The molecule has 0 N–H and O–H groups in total. The second-order valence-electron chi connectivity index (χ2n) is 7.80. The summed E-state index contributed by atoms with van der Waals surface area (Å²) in [5, 5.41) is 4.60. The topological polar surface area (TPSA) is 68.5 Å². The van der Waals surface area contributed by atoms with E-state index >= 15 is 0 Å². The molecule has 2 aromatic carbocycles. The Morgan fingerprint density at radius 1 is 1.14 bits per heavy atom. The lowest BCUT2D eigenvalue weighted by atomic mass is 9.86. The fourth-order valence-corrected chi connectivity index (χ4v) is 2.91. The summed E-state index contributed by atoms with van der Waals surface area (Å²) in [7, 11) is 1.67. The van der Waals surface area contributed by atoms with Gasteiger partial charge in [-0.1, -0.05) is 55.7 Å². The molecule has 1 amide bonds. The van der Waals surface area contributed by atoms with E-state index < -0.39 is 0 Å². The SMILES string of the molecule is CN(Cc1nc(-c2ccc(Cl)cc2)no1)C(=O)COc1ccccc1C(C)(C)C. The molecule has 0 radical (unpaired) electrons. The minimum atomic E-state index is -0.181. The smallest absolute Gasteiger partial charge is 0.260 e.